The molecule has 1 unspecified atom stereocenters. The largest absolute Gasteiger partial charge is 0.486 e. The number of amides is 2. The highest BCUT2D eigenvalue weighted by molar-refractivity contribution is 8.00. The zero-order chi connectivity index (χ0) is 20.1. The summed E-state index contributed by atoms with van der Waals surface area (Å²) in [4.78, 5) is 27.8. The molecular weight excluding hydrogens is 388 g/mol. The fourth-order valence-corrected chi connectivity index (χ4v) is 4.40. The molecule has 2 aromatic carbocycles. The van der Waals surface area contributed by atoms with E-state index in [-0.39, 0.29) is 17.9 Å². The molecule has 0 saturated carbocycles. The van der Waals surface area contributed by atoms with Crippen LogP contribution >= 0.6 is 11.8 Å². The Bertz CT molecular complexity index is 883. The first-order chi connectivity index (χ1) is 14.2. The van der Waals surface area contributed by atoms with Crippen LogP contribution in [0.3, 0.4) is 0 Å². The van der Waals surface area contributed by atoms with Crippen LogP contribution in [0.1, 0.15) is 23.2 Å². The van der Waals surface area contributed by atoms with Gasteiger partial charge in [-0.2, -0.15) is 0 Å². The second kappa shape index (κ2) is 9.22. The maximum absolute atomic E-state index is 12.7. The number of nitrogens with one attached hydrogen (secondary N) is 1. The van der Waals surface area contributed by atoms with E-state index in [1.165, 1.54) is 11.8 Å². The number of carbonyl (C=O) groups excluding carboxylic acids is 2. The molecule has 2 aliphatic rings. The van der Waals surface area contributed by atoms with Crippen molar-refractivity contribution >= 4 is 23.6 Å². The first-order valence-corrected chi connectivity index (χ1v) is 10.9. The molecule has 29 heavy (non-hydrogen) atoms. The van der Waals surface area contributed by atoms with Gasteiger partial charge in [0.15, 0.2) is 11.5 Å². The summed E-state index contributed by atoms with van der Waals surface area (Å²) in [5, 5.41) is 2.93. The molecule has 2 amide bonds. The molecule has 2 heterocycles. The van der Waals surface area contributed by atoms with E-state index in [4.69, 9.17) is 9.47 Å². The number of carbonyl (C=O) groups is 2. The smallest absolute Gasteiger partial charge is 0.252 e. The summed E-state index contributed by atoms with van der Waals surface area (Å²) >= 11 is 1.41. The van der Waals surface area contributed by atoms with Crippen molar-refractivity contribution in [1.29, 1.82) is 0 Å². The monoisotopic (exact) mass is 412 g/mol. The van der Waals surface area contributed by atoms with Gasteiger partial charge < -0.3 is 19.7 Å². The molecule has 0 bridgehead atoms. The minimum Gasteiger partial charge on any atom is -0.486 e. The lowest BCUT2D eigenvalue weighted by Crippen LogP contribution is -2.40. The van der Waals surface area contributed by atoms with E-state index in [9.17, 15) is 9.59 Å². The highest BCUT2D eigenvalue weighted by atomic mass is 32.2. The quantitative estimate of drug-likeness (QED) is 0.739. The van der Waals surface area contributed by atoms with Crippen LogP contribution in [-0.4, -0.2) is 54.8 Å². The summed E-state index contributed by atoms with van der Waals surface area (Å²) in [5.41, 5.74) is 0.573. The van der Waals surface area contributed by atoms with E-state index in [0.717, 1.165) is 36.6 Å². The summed E-state index contributed by atoms with van der Waals surface area (Å²) in [6, 6.07) is 14.9. The molecule has 2 aromatic rings. The molecule has 0 aromatic heterocycles. The number of benzene rings is 2. The second-order valence-electron chi connectivity index (χ2n) is 7.08. The third-order valence-corrected chi connectivity index (χ3v) is 6.06. The third kappa shape index (κ3) is 4.85. The zero-order valence-corrected chi connectivity index (χ0v) is 17.0. The van der Waals surface area contributed by atoms with Gasteiger partial charge in [0, 0.05) is 18.0 Å². The first kappa shape index (κ1) is 19.6. The summed E-state index contributed by atoms with van der Waals surface area (Å²) in [7, 11) is 0. The molecule has 2 aliphatic heterocycles. The van der Waals surface area contributed by atoms with Crippen molar-refractivity contribution in [3.63, 3.8) is 0 Å². The number of rotatable bonds is 6. The number of thioether (sulfide) groups is 1. The first-order valence-electron chi connectivity index (χ1n) is 9.87. The van der Waals surface area contributed by atoms with E-state index >= 15 is 0 Å². The van der Waals surface area contributed by atoms with E-state index in [0.29, 0.717) is 30.2 Å². The summed E-state index contributed by atoms with van der Waals surface area (Å²) < 4.78 is 11.6. The van der Waals surface area contributed by atoms with Gasteiger partial charge in [0.05, 0.1) is 17.9 Å². The van der Waals surface area contributed by atoms with Gasteiger partial charge in [-0.05, 0) is 37.1 Å². The van der Waals surface area contributed by atoms with Gasteiger partial charge in [0.1, 0.15) is 12.7 Å². The van der Waals surface area contributed by atoms with Crippen LogP contribution in [0.15, 0.2) is 53.4 Å². The topological polar surface area (TPSA) is 67.9 Å². The van der Waals surface area contributed by atoms with Gasteiger partial charge in [-0.3, -0.25) is 9.59 Å². The minimum absolute atomic E-state index is 0.133. The Morgan fingerprint density at radius 3 is 2.59 bits per heavy atom. The van der Waals surface area contributed by atoms with Gasteiger partial charge in [-0.25, -0.2) is 0 Å². The van der Waals surface area contributed by atoms with Crippen molar-refractivity contribution in [1.82, 2.24) is 10.2 Å². The fraction of sp³-hybridized carbons (Fsp3) is 0.364. The van der Waals surface area contributed by atoms with Gasteiger partial charge in [0.25, 0.3) is 5.91 Å². The Morgan fingerprint density at radius 2 is 1.76 bits per heavy atom. The van der Waals surface area contributed by atoms with E-state index < -0.39 is 0 Å². The van der Waals surface area contributed by atoms with Gasteiger partial charge in [0.2, 0.25) is 5.91 Å². The number of hydrogen-bond donors (Lipinski definition) is 1. The average molecular weight is 413 g/mol. The lowest BCUT2D eigenvalue weighted by molar-refractivity contribution is -0.127. The van der Waals surface area contributed by atoms with Crippen LogP contribution in [0.25, 0.3) is 0 Å². The Balaban J connectivity index is 1.32. The molecule has 1 atom stereocenters. The van der Waals surface area contributed by atoms with Crippen molar-refractivity contribution < 1.29 is 19.1 Å². The predicted octanol–water partition coefficient (Wildman–Crippen LogP) is 2.97. The molecule has 6 nitrogen and oxygen atoms in total. The van der Waals surface area contributed by atoms with Crippen molar-refractivity contribution in [2.45, 2.75) is 23.8 Å². The van der Waals surface area contributed by atoms with Crippen LogP contribution in [-0.2, 0) is 4.79 Å². The molecule has 1 fully saturated rings. The standard InChI is InChI=1S/C22H24N2O4S/c25-21(24-11-5-6-12-24)15-29-20-10-4-1-7-17(20)22(26)23-13-16-14-27-18-8-2-3-9-19(18)28-16/h1-4,7-10,16H,5-6,11-15H2,(H,23,26). The Morgan fingerprint density at radius 1 is 1.03 bits per heavy atom. The van der Waals surface area contributed by atoms with Gasteiger partial charge in [-0.15, -0.1) is 11.8 Å². The molecule has 4 rings (SSSR count). The second-order valence-corrected chi connectivity index (χ2v) is 8.10. The third-order valence-electron chi connectivity index (χ3n) is 5.00. The van der Waals surface area contributed by atoms with Crippen LogP contribution in [0.2, 0.25) is 0 Å². The van der Waals surface area contributed by atoms with Crippen molar-refractivity contribution in [2.75, 3.05) is 32.0 Å². The molecular formula is C22H24N2O4S. The molecule has 0 radical (unpaired) electrons. The van der Waals surface area contributed by atoms with Crippen LogP contribution in [0, 0.1) is 0 Å². The maximum Gasteiger partial charge on any atom is 0.252 e. The zero-order valence-electron chi connectivity index (χ0n) is 16.1. The molecule has 1 N–H and O–H groups in total. The van der Waals surface area contributed by atoms with E-state index in [1.54, 1.807) is 6.07 Å². The van der Waals surface area contributed by atoms with E-state index in [2.05, 4.69) is 5.32 Å². The normalized spacial score (nSPS) is 17.8. The molecule has 7 heteroatoms. The van der Waals surface area contributed by atoms with E-state index in [1.807, 2.05) is 47.4 Å². The molecule has 1 saturated heterocycles. The van der Waals surface area contributed by atoms with Crippen molar-refractivity contribution in [3.8, 4) is 11.5 Å². The highest BCUT2D eigenvalue weighted by Crippen LogP contribution is 2.30. The predicted molar refractivity (Wildman–Crippen MR) is 112 cm³/mol. The number of fused-ring (bicyclic) bond motifs is 1. The lowest BCUT2D eigenvalue weighted by atomic mass is 10.2. The van der Waals surface area contributed by atoms with Crippen LogP contribution in [0.5, 0.6) is 11.5 Å². The lowest BCUT2D eigenvalue weighted by Gasteiger charge is -2.26. The van der Waals surface area contributed by atoms with Gasteiger partial charge in [-0.1, -0.05) is 24.3 Å². The number of ether oxygens (including phenoxy) is 2. The van der Waals surface area contributed by atoms with Crippen molar-refractivity contribution in [2.24, 2.45) is 0 Å². The fourth-order valence-electron chi connectivity index (χ4n) is 3.44. The Kier molecular flexibility index (Phi) is 6.24. The Labute approximate surface area is 174 Å². The Hall–Kier alpha value is -2.67. The summed E-state index contributed by atoms with van der Waals surface area (Å²) in [6.07, 6.45) is 1.91. The van der Waals surface area contributed by atoms with Crippen LogP contribution < -0.4 is 14.8 Å². The average Bonchev–Trinajstić information content (AvgIpc) is 3.31. The van der Waals surface area contributed by atoms with Gasteiger partial charge >= 0.3 is 0 Å². The number of hydrogen-bond acceptors (Lipinski definition) is 5. The minimum atomic E-state index is -0.245. The molecule has 0 spiro atoms. The molecule has 152 valence electrons. The number of nitrogens with zero attached hydrogens (tertiary/aromatic N) is 1. The number of para-hydroxylation sites is 2. The van der Waals surface area contributed by atoms with Crippen molar-refractivity contribution in [3.05, 3.63) is 54.1 Å². The highest BCUT2D eigenvalue weighted by Gasteiger charge is 2.22. The summed E-state index contributed by atoms with van der Waals surface area (Å²) in [6.45, 7) is 2.42. The number of likely N-dealkylation sites (tertiary alicyclic amines) is 1. The maximum atomic E-state index is 12.7. The molecule has 0 aliphatic carbocycles. The SMILES string of the molecule is O=C(NCC1COc2ccccc2O1)c1ccccc1SCC(=O)N1CCCC1. The van der Waals surface area contributed by atoms with Crippen LogP contribution in [0.4, 0.5) is 0 Å². The summed E-state index contributed by atoms with van der Waals surface area (Å²) in [5.74, 6) is 1.72.